The first kappa shape index (κ1) is 14.4. The van der Waals surface area contributed by atoms with Crippen LogP contribution in [0.3, 0.4) is 0 Å². The van der Waals surface area contributed by atoms with Gasteiger partial charge < -0.3 is 15.8 Å². The number of nitrogens with two attached hydrogens (primary N) is 1. The number of nitrogens with one attached hydrogen (secondary N) is 1. The number of hydrogen-bond acceptors (Lipinski definition) is 3. The summed E-state index contributed by atoms with van der Waals surface area (Å²) < 4.78 is 4.98. The molecule has 1 amide bonds. The Morgan fingerprint density at radius 2 is 2.07 bits per heavy atom. The molecular formula is C11H24N2O2. The monoisotopic (exact) mass is 216 g/mol. The zero-order valence-electron chi connectivity index (χ0n) is 10.2. The molecule has 0 heterocycles. The summed E-state index contributed by atoms with van der Waals surface area (Å²) in [6.07, 6.45) is 0.919. The van der Waals surface area contributed by atoms with E-state index < -0.39 is 6.04 Å². The Bertz CT molecular complexity index is 185. The molecule has 0 aliphatic rings. The maximum Gasteiger partial charge on any atom is 0.237 e. The van der Waals surface area contributed by atoms with Crippen molar-refractivity contribution in [3.05, 3.63) is 0 Å². The van der Waals surface area contributed by atoms with Gasteiger partial charge in [0.15, 0.2) is 0 Å². The van der Waals surface area contributed by atoms with E-state index in [0.29, 0.717) is 19.1 Å². The Kier molecular flexibility index (Phi) is 7.34. The van der Waals surface area contributed by atoms with Crippen LogP contribution < -0.4 is 11.1 Å². The Hall–Kier alpha value is -0.610. The van der Waals surface area contributed by atoms with E-state index in [2.05, 4.69) is 5.32 Å². The molecular weight excluding hydrogens is 192 g/mol. The second-order valence-corrected chi connectivity index (χ2v) is 4.22. The molecule has 0 rings (SSSR count). The fraction of sp³-hybridized carbons (Fsp3) is 0.909. The van der Waals surface area contributed by atoms with Gasteiger partial charge in [-0.15, -0.1) is 0 Å². The highest BCUT2D eigenvalue weighted by atomic mass is 16.5. The Labute approximate surface area is 92.6 Å². The molecule has 3 unspecified atom stereocenters. The lowest BCUT2D eigenvalue weighted by Crippen LogP contribution is -2.46. The molecule has 4 nitrogen and oxygen atoms in total. The van der Waals surface area contributed by atoms with Crippen LogP contribution >= 0.6 is 0 Å². The fourth-order valence-corrected chi connectivity index (χ4v) is 1.25. The van der Waals surface area contributed by atoms with Crippen LogP contribution in [0.15, 0.2) is 0 Å². The lowest BCUT2D eigenvalue weighted by atomic mass is 9.99. The van der Waals surface area contributed by atoms with Crippen LogP contribution in [-0.2, 0) is 9.53 Å². The van der Waals surface area contributed by atoms with Crippen molar-refractivity contribution in [3.63, 3.8) is 0 Å². The number of ether oxygens (including phenoxy) is 1. The number of rotatable bonds is 7. The van der Waals surface area contributed by atoms with E-state index in [0.717, 1.165) is 6.42 Å². The Morgan fingerprint density at radius 1 is 1.47 bits per heavy atom. The highest BCUT2D eigenvalue weighted by molar-refractivity contribution is 5.81. The maximum absolute atomic E-state index is 11.6. The summed E-state index contributed by atoms with van der Waals surface area (Å²) in [6.45, 7) is 7.32. The van der Waals surface area contributed by atoms with E-state index >= 15 is 0 Å². The SMILES string of the molecule is CCC(C)C(N)C(=O)NCC(C)COC. The molecule has 0 aromatic carbocycles. The lowest BCUT2D eigenvalue weighted by Gasteiger charge is -2.19. The summed E-state index contributed by atoms with van der Waals surface area (Å²) in [5.41, 5.74) is 5.79. The predicted octanol–water partition coefficient (Wildman–Crippen LogP) is 0.759. The van der Waals surface area contributed by atoms with Crippen LogP contribution in [0.1, 0.15) is 27.2 Å². The molecule has 3 N–H and O–H groups in total. The average molecular weight is 216 g/mol. The molecule has 15 heavy (non-hydrogen) atoms. The minimum atomic E-state index is -0.398. The molecule has 3 atom stereocenters. The number of carbonyl (C=O) groups is 1. The third-order valence-electron chi connectivity index (χ3n) is 2.64. The number of methoxy groups -OCH3 is 1. The van der Waals surface area contributed by atoms with Gasteiger partial charge in [0.2, 0.25) is 5.91 Å². The van der Waals surface area contributed by atoms with Crippen molar-refractivity contribution in [1.82, 2.24) is 5.32 Å². The molecule has 4 heteroatoms. The van der Waals surface area contributed by atoms with E-state index in [-0.39, 0.29) is 11.8 Å². The molecule has 0 aromatic rings. The predicted molar refractivity (Wildman–Crippen MR) is 61.5 cm³/mol. The van der Waals surface area contributed by atoms with Crippen LogP contribution in [0.5, 0.6) is 0 Å². The topological polar surface area (TPSA) is 64.4 Å². The summed E-state index contributed by atoms with van der Waals surface area (Å²) in [7, 11) is 1.66. The smallest absolute Gasteiger partial charge is 0.237 e. The van der Waals surface area contributed by atoms with E-state index in [1.54, 1.807) is 7.11 Å². The van der Waals surface area contributed by atoms with E-state index in [1.807, 2.05) is 20.8 Å². The van der Waals surface area contributed by atoms with Crippen molar-refractivity contribution in [3.8, 4) is 0 Å². The molecule has 0 radical (unpaired) electrons. The molecule has 90 valence electrons. The number of amides is 1. The van der Waals surface area contributed by atoms with Crippen molar-refractivity contribution in [2.45, 2.75) is 33.2 Å². The van der Waals surface area contributed by atoms with Crippen molar-refractivity contribution in [2.75, 3.05) is 20.3 Å². The summed E-state index contributed by atoms with van der Waals surface area (Å²) in [5, 5.41) is 2.84. The highest BCUT2D eigenvalue weighted by Crippen LogP contribution is 2.05. The minimum Gasteiger partial charge on any atom is -0.384 e. The van der Waals surface area contributed by atoms with Gasteiger partial charge >= 0.3 is 0 Å². The maximum atomic E-state index is 11.6. The molecule has 0 aliphatic heterocycles. The highest BCUT2D eigenvalue weighted by Gasteiger charge is 2.19. The second kappa shape index (κ2) is 7.65. The molecule has 0 saturated heterocycles. The van der Waals surface area contributed by atoms with Crippen LogP contribution in [0.4, 0.5) is 0 Å². The lowest BCUT2D eigenvalue weighted by molar-refractivity contribution is -0.123. The molecule has 0 fully saturated rings. The van der Waals surface area contributed by atoms with Crippen LogP contribution in [0.2, 0.25) is 0 Å². The van der Waals surface area contributed by atoms with E-state index in [4.69, 9.17) is 10.5 Å². The Balaban J connectivity index is 3.82. The summed E-state index contributed by atoms with van der Waals surface area (Å²) >= 11 is 0. The van der Waals surface area contributed by atoms with Gasteiger partial charge in [-0.3, -0.25) is 4.79 Å². The van der Waals surface area contributed by atoms with E-state index in [1.165, 1.54) is 0 Å². The number of hydrogen-bond donors (Lipinski definition) is 2. The quantitative estimate of drug-likeness (QED) is 0.660. The fourth-order valence-electron chi connectivity index (χ4n) is 1.25. The van der Waals surface area contributed by atoms with Gasteiger partial charge in [0, 0.05) is 13.7 Å². The summed E-state index contributed by atoms with van der Waals surface area (Å²) in [5.74, 6) is 0.484. The zero-order valence-corrected chi connectivity index (χ0v) is 10.2. The first-order chi connectivity index (χ1) is 7.02. The van der Waals surface area contributed by atoms with Crippen LogP contribution in [-0.4, -0.2) is 32.2 Å². The van der Waals surface area contributed by atoms with Crippen molar-refractivity contribution in [2.24, 2.45) is 17.6 Å². The summed E-state index contributed by atoms with van der Waals surface area (Å²) in [4.78, 5) is 11.6. The van der Waals surface area contributed by atoms with E-state index in [9.17, 15) is 4.79 Å². The first-order valence-electron chi connectivity index (χ1n) is 5.55. The van der Waals surface area contributed by atoms with Gasteiger partial charge in [-0.1, -0.05) is 27.2 Å². The molecule has 0 saturated carbocycles. The standard InChI is InChI=1S/C11H24N2O2/c1-5-9(3)10(12)11(14)13-6-8(2)7-15-4/h8-10H,5-7,12H2,1-4H3,(H,13,14). The minimum absolute atomic E-state index is 0.0627. The largest absolute Gasteiger partial charge is 0.384 e. The van der Waals surface area contributed by atoms with Crippen LogP contribution in [0, 0.1) is 11.8 Å². The summed E-state index contributed by atoms with van der Waals surface area (Å²) in [6, 6.07) is -0.398. The molecule has 0 aliphatic carbocycles. The van der Waals surface area contributed by atoms with Gasteiger partial charge in [0.25, 0.3) is 0 Å². The Morgan fingerprint density at radius 3 is 2.53 bits per heavy atom. The third kappa shape index (κ3) is 5.74. The molecule has 0 aromatic heterocycles. The molecule has 0 spiro atoms. The third-order valence-corrected chi connectivity index (χ3v) is 2.64. The average Bonchev–Trinajstić information content (AvgIpc) is 2.24. The van der Waals surface area contributed by atoms with Gasteiger partial charge in [0.1, 0.15) is 0 Å². The number of carbonyl (C=O) groups excluding carboxylic acids is 1. The second-order valence-electron chi connectivity index (χ2n) is 4.22. The van der Waals surface area contributed by atoms with Crippen LogP contribution in [0.25, 0.3) is 0 Å². The van der Waals surface area contributed by atoms with Gasteiger partial charge in [0.05, 0.1) is 12.6 Å². The van der Waals surface area contributed by atoms with Crippen molar-refractivity contribution < 1.29 is 9.53 Å². The zero-order chi connectivity index (χ0) is 11.8. The van der Waals surface area contributed by atoms with Crippen molar-refractivity contribution in [1.29, 1.82) is 0 Å². The van der Waals surface area contributed by atoms with Gasteiger partial charge in [-0.05, 0) is 11.8 Å². The van der Waals surface area contributed by atoms with Gasteiger partial charge in [-0.25, -0.2) is 0 Å². The van der Waals surface area contributed by atoms with Crippen molar-refractivity contribution >= 4 is 5.91 Å². The first-order valence-corrected chi connectivity index (χ1v) is 5.55. The van der Waals surface area contributed by atoms with Gasteiger partial charge in [-0.2, -0.15) is 0 Å². The molecule has 0 bridgehead atoms. The normalized spacial score (nSPS) is 16.9.